The Morgan fingerprint density at radius 2 is 1.55 bits per heavy atom. The minimum atomic E-state index is -0.657. The van der Waals surface area contributed by atoms with Crippen LogP contribution in [0.4, 0.5) is 11.4 Å². The van der Waals surface area contributed by atoms with Gasteiger partial charge in [0, 0.05) is 5.69 Å². The van der Waals surface area contributed by atoms with Gasteiger partial charge in [0.1, 0.15) is 0 Å². The molecule has 7 nitrogen and oxygen atoms in total. The summed E-state index contributed by atoms with van der Waals surface area (Å²) < 4.78 is 5.15. The van der Waals surface area contributed by atoms with Crippen molar-refractivity contribution in [3.63, 3.8) is 0 Å². The number of fused-ring (bicyclic) bond motifs is 5. The standard InChI is InChI=1S/C31H28N2O5/c1-18-7-11-22(12-8-18)32-26(34)17-38-31(37)20-9-13-23(14-10-20)33-29(35)27-21-15-24(19-5-3-2-4-6-19)25(16-21)28(27)30(33)36/h2-14,21,24-25,27-28H,15-17H2,1H3,(H,32,34)/t21-,24+,25+,27+,28-/m0/s1. The third-order valence-electron chi connectivity index (χ3n) is 8.27. The van der Waals surface area contributed by atoms with Crippen LogP contribution in [0.5, 0.6) is 0 Å². The van der Waals surface area contributed by atoms with Crippen LogP contribution >= 0.6 is 0 Å². The summed E-state index contributed by atoms with van der Waals surface area (Å²) in [6.45, 7) is 1.53. The lowest BCUT2D eigenvalue weighted by atomic mass is 9.73. The molecule has 192 valence electrons. The first-order chi connectivity index (χ1) is 18.4. The SMILES string of the molecule is Cc1ccc(NC(=O)COC(=O)c2ccc(N3C(=O)[C@@H]4[C@@H]5C[C@@H]([C@@H]4C3=O)[C@@H](c3ccccc3)C5)cc2)cc1. The van der Waals surface area contributed by atoms with Gasteiger partial charge in [-0.15, -0.1) is 0 Å². The molecule has 3 amide bonds. The van der Waals surface area contributed by atoms with Crippen LogP contribution in [-0.4, -0.2) is 30.3 Å². The second-order valence-corrected chi connectivity index (χ2v) is 10.5. The number of esters is 1. The Balaban J connectivity index is 1.10. The number of imide groups is 1. The van der Waals surface area contributed by atoms with Gasteiger partial charge in [-0.25, -0.2) is 4.79 Å². The van der Waals surface area contributed by atoms with Gasteiger partial charge in [-0.3, -0.25) is 19.3 Å². The van der Waals surface area contributed by atoms with Gasteiger partial charge in [-0.05, 0) is 79.5 Å². The fourth-order valence-electron chi connectivity index (χ4n) is 6.59. The van der Waals surface area contributed by atoms with E-state index in [0.717, 1.165) is 18.4 Å². The molecule has 2 aliphatic carbocycles. The average Bonchev–Trinajstić information content (AvgIpc) is 3.60. The average molecular weight is 509 g/mol. The van der Waals surface area contributed by atoms with Gasteiger partial charge >= 0.3 is 5.97 Å². The number of nitrogens with zero attached hydrogens (tertiary/aromatic N) is 1. The van der Waals surface area contributed by atoms with E-state index in [9.17, 15) is 19.2 Å². The second-order valence-electron chi connectivity index (χ2n) is 10.5. The van der Waals surface area contributed by atoms with Crippen molar-refractivity contribution in [3.05, 3.63) is 95.6 Å². The summed E-state index contributed by atoms with van der Waals surface area (Å²) in [4.78, 5) is 52.8. The Kier molecular flexibility index (Phi) is 6.06. The minimum Gasteiger partial charge on any atom is -0.452 e. The highest BCUT2D eigenvalue weighted by Gasteiger charge is 2.64. The highest BCUT2D eigenvalue weighted by molar-refractivity contribution is 6.22. The zero-order valence-electron chi connectivity index (χ0n) is 21.0. The van der Waals surface area contributed by atoms with Crippen LogP contribution in [0.3, 0.4) is 0 Å². The molecule has 2 saturated carbocycles. The van der Waals surface area contributed by atoms with Crippen LogP contribution in [0.1, 0.15) is 40.2 Å². The number of carbonyl (C=O) groups is 4. The molecule has 3 aliphatic rings. The third-order valence-corrected chi connectivity index (χ3v) is 8.27. The van der Waals surface area contributed by atoms with Crippen LogP contribution in [-0.2, 0) is 19.1 Å². The predicted molar refractivity (Wildman–Crippen MR) is 141 cm³/mol. The molecule has 5 atom stereocenters. The zero-order valence-corrected chi connectivity index (χ0v) is 21.0. The number of aryl methyl sites for hydroxylation is 1. The first kappa shape index (κ1) is 24.1. The molecule has 0 radical (unpaired) electrons. The van der Waals surface area contributed by atoms with E-state index in [1.807, 2.05) is 37.3 Å². The number of rotatable bonds is 6. The Morgan fingerprint density at radius 3 is 2.26 bits per heavy atom. The maximum Gasteiger partial charge on any atom is 0.338 e. The van der Waals surface area contributed by atoms with Crippen LogP contribution in [0.15, 0.2) is 78.9 Å². The molecule has 1 aliphatic heterocycles. The van der Waals surface area contributed by atoms with E-state index in [1.54, 1.807) is 24.3 Å². The zero-order chi connectivity index (χ0) is 26.4. The molecule has 1 heterocycles. The number of ether oxygens (including phenoxy) is 1. The molecule has 3 fully saturated rings. The summed E-state index contributed by atoms with van der Waals surface area (Å²) in [5.41, 5.74) is 3.63. The van der Waals surface area contributed by atoms with Crippen molar-refractivity contribution in [2.24, 2.45) is 23.7 Å². The first-order valence-electron chi connectivity index (χ1n) is 13.0. The number of benzene rings is 3. The Hall–Kier alpha value is -4.26. The molecule has 1 N–H and O–H groups in total. The summed E-state index contributed by atoms with van der Waals surface area (Å²) in [6.07, 6.45) is 1.85. The summed E-state index contributed by atoms with van der Waals surface area (Å²) >= 11 is 0. The molecular formula is C31H28N2O5. The van der Waals surface area contributed by atoms with E-state index in [0.29, 0.717) is 17.3 Å². The normalized spacial score (nSPS) is 25.4. The van der Waals surface area contributed by atoms with Gasteiger partial charge in [-0.1, -0.05) is 48.0 Å². The Bertz CT molecular complexity index is 1400. The molecule has 0 spiro atoms. The van der Waals surface area contributed by atoms with Gasteiger partial charge in [-0.2, -0.15) is 0 Å². The van der Waals surface area contributed by atoms with E-state index in [2.05, 4.69) is 17.4 Å². The van der Waals surface area contributed by atoms with E-state index >= 15 is 0 Å². The monoisotopic (exact) mass is 508 g/mol. The van der Waals surface area contributed by atoms with Crippen molar-refractivity contribution in [1.82, 2.24) is 0 Å². The fraction of sp³-hybridized carbons (Fsp3) is 0.290. The van der Waals surface area contributed by atoms with E-state index in [-0.39, 0.29) is 41.0 Å². The van der Waals surface area contributed by atoms with Gasteiger partial charge in [0.15, 0.2) is 6.61 Å². The lowest BCUT2D eigenvalue weighted by molar-refractivity contribution is -0.123. The van der Waals surface area contributed by atoms with Crippen LogP contribution in [0.25, 0.3) is 0 Å². The van der Waals surface area contributed by atoms with Crippen molar-refractivity contribution < 1.29 is 23.9 Å². The molecular weight excluding hydrogens is 480 g/mol. The summed E-state index contributed by atoms with van der Waals surface area (Å²) in [5.74, 6) is -1.23. The van der Waals surface area contributed by atoms with Crippen LogP contribution in [0, 0.1) is 30.6 Å². The fourth-order valence-corrected chi connectivity index (χ4v) is 6.59. The van der Waals surface area contributed by atoms with Crippen molar-refractivity contribution in [2.75, 3.05) is 16.8 Å². The molecule has 2 bridgehead atoms. The lowest BCUT2D eigenvalue weighted by Gasteiger charge is -2.28. The van der Waals surface area contributed by atoms with Crippen molar-refractivity contribution >= 4 is 35.1 Å². The van der Waals surface area contributed by atoms with E-state index in [1.165, 1.54) is 22.6 Å². The van der Waals surface area contributed by atoms with Gasteiger partial charge in [0.25, 0.3) is 5.91 Å². The molecule has 38 heavy (non-hydrogen) atoms. The maximum atomic E-state index is 13.5. The van der Waals surface area contributed by atoms with Crippen molar-refractivity contribution in [1.29, 1.82) is 0 Å². The Labute approximate surface area is 220 Å². The third kappa shape index (κ3) is 4.18. The van der Waals surface area contributed by atoms with E-state index in [4.69, 9.17) is 4.74 Å². The highest BCUT2D eigenvalue weighted by Crippen LogP contribution is 2.61. The quantitative estimate of drug-likeness (QED) is 0.384. The topological polar surface area (TPSA) is 92.8 Å². The maximum absolute atomic E-state index is 13.5. The summed E-state index contributed by atoms with van der Waals surface area (Å²) in [7, 11) is 0. The van der Waals surface area contributed by atoms with Gasteiger partial charge in [0.05, 0.1) is 23.1 Å². The number of anilines is 2. The molecule has 0 unspecified atom stereocenters. The number of hydrogen-bond donors (Lipinski definition) is 1. The minimum absolute atomic E-state index is 0.137. The largest absolute Gasteiger partial charge is 0.452 e. The molecule has 7 heteroatoms. The van der Waals surface area contributed by atoms with Gasteiger partial charge < -0.3 is 10.1 Å². The van der Waals surface area contributed by atoms with Crippen LogP contribution < -0.4 is 10.2 Å². The molecule has 1 saturated heterocycles. The molecule has 0 aromatic heterocycles. The second kappa shape index (κ2) is 9.56. The summed E-state index contributed by atoms with van der Waals surface area (Å²) in [5, 5.41) is 2.68. The number of nitrogens with one attached hydrogen (secondary N) is 1. The van der Waals surface area contributed by atoms with Crippen LogP contribution in [0.2, 0.25) is 0 Å². The smallest absolute Gasteiger partial charge is 0.338 e. The first-order valence-corrected chi connectivity index (χ1v) is 13.0. The Morgan fingerprint density at radius 1 is 0.868 bits per heavy atom. The van der Waals surface area contributed by atoms with E-state index < -0.39 is 18.5 Å². The number of carbonyl (C=O) groups excluding carboxylic acids is 4. The van der Waals surface area contributed by atoms with Gasteiger partial charge in [0.2, 0.25) is 11.8 Å². The highest BCUT2D eigenvalue weighted by atomic mass is 16.5. The molecule has 6 rings (SSSR count). The molecule has 3 aromatic carbocycles. The van der Waals surface area contributed by atoms with Crippen molar-refractivity contribution in [3.8, 4) is 0 Å². The number of hydrogen-bond acceptors (Lipinski definition) is 5. The summed E-state index contributed by atoms with van der Waals surface area (Å²) in [6, 6.07) is 23.8. The van der Waals surface area contributed by atoms with Crippen molar-refractivity contribution in [2.45, 2.75) is 25.7 Å². The number of amides is 3. The lowest BCUT2D eigenvalue weighted by Crippen LogP contribution is -2.33. The predicted octanol–water partition coefficient (Wildman–Crippen LogP) is 4.72. The molecule has 3 aromatic rings.